The first-order chi connectivity index (χ1) is 19.8. The quantitative estimate of drug-likeness (QED) is 0.0894. The number of nitrogens with zero attached hydrogens (tertiary/aromatic N) is 8. The first-order valence-corrected chi connectivity index (χ1v) is 14.8. The van der Waals surface area contributed by atoms with Gasteiger partial charge in [-0.2, -0.15) is 9.36 Å². The Kier molecular flexibility index (Phi) is 8.52. The molecule has 1 aromatic carbocycles. The van der Waals surface area contributed by atoms with Gasteiger partial charge >= 0.3 is 5.97 Å². The number of tetrazole rings is 1. The molecule has 2 amide bonds. The summed E-state index contributed by atoms with van der Waals surface area (Å²) in [5.41, 5.74) is 5.76. The van der Waals surface area contributed by atoms with Gasteiger partial charge in [0, 0.05) is 28.1 Å². The predicted molar refractivity (Wildman–Crippen MR) is 151 cm³/mol. The largest absolute Gasteiger partial charge is 0.477 e. The van der Waals surface area contributed by atoms with Crippen molar-refractivity contribution in [3.8, 4) is 5.75 Å². The number of aliphatic carboxylic acids is 1. The number of carboxylic acid groups (broad SMARTS) is 1. The molecule has 0 aliphatic carbocycles. The molecule has 3 aromatic rings. The molecule has 1 saturated heterocycles. The number of thioether (sulfide) groups is 2. The number of aromatic nitrogens is 6. The molecule has 0 radical (unpaired) electrons. The van der Waals surface area contributed by atoms with E-state index in [1.165, 1.54) is 33.1 Å². The van der Waals surface area contributed by atoms with Gasteiger partial charge < -0.3 is 21.0 Å². The fraction of sp³-hybridized carbons (Fsp3) is 0.227. The summed E-state index contributed by atoms with van der Waals surface area (Å²) in [7, 11) is 0. The molecule has 0 bridgehead atoms. The molecule has 1 fully saturated rings. The lowest BCUT2D eigenvalue weighted by Gasteiger charge is -2.49. The summed E-state index contributed by atoms with van der Waals surface area (Å²) in [6.45, 7) is 4.05. The lowest BCUT2D eigenvalue weighted by molar-refractivity contribution is -0.150. The molecular weight excluding hydrogens is 616 g/mol. The fourth-order valence-electron chi connectivity index (χ4n) is 3.80. The number of oxime groups is 1. The number of halogens is 1. The number of nitrogens with two attached hydrogens (primary N) is 1. The smallest absolute Gasteiger partial charge is 0.352 e. The van der Waals surface area contributed by atoms with E-state index < -0.39 is 29.2 Å². The third-order valence-corrected chi connectivity index (χ3v) is 8.82. The highest BCUT2D eigenvalue weighted by Crippen LogP contribution is 2.41. The molecule has 2 aliphatic heterocycles. The number of carbonyl (C=O) groups is 3. The molecule has 41 heavy (non-hydrogen) atoms. The molecule has 0 spiro atoms. The minimum absolute atomic E-state index is 0.0943. The van der Waals surface area contributed by atoms with Crippen molar-refractivity contribution in [2.45, 2.75) is 23.1 Å². The van der Waals surface area contributed by atoms with Gasteiger partial charge in [-0.25, -0.2) is 9.48 Å². The highest BCUT2D eigenvalue weighted by molar-refractivity contribution is 8.01. The van der Waals surface area contributed by atoms with Crippen molar-refractivity contribution in [2.24, 2.45) is 5.16 Å². The number of anilines is 1. The minimum atomic E-state index is -1.25. The number of carboxylic acids is 1. The Labute approximate surface area is 249 Å². The zero-order chi connectivity index (χ0) is 29.1. The monoisotopic (exact) mass is 634 g/mol. The van der Waals surface area contributed by atoms with Crippen LogP contribution in [-0.4, -0.2) is 86.0 Å². The molecule has 2 aromatic heterocycles. The van der Waals surface area contributed by atoms with Gasteiger partial charge in [-0.05, 0) is 40.3 Å². The van der Waals surface area contributed by atoms with Crippen LogP contribution < -0.4 is 15.9 Å². The third-order valence-electron chi connectivity index (χ3n) is 5.64. The fourth-order valence-corrected chi connectivity index (χ4v) is 6.73. The number of hydrogen-bond donors (Lipinski definition) is 3. The SMILES string of the molecule is C=CCn1nnnc1SCC1=C(C(=O)O)N2C(=O)C(NC(=O)C(=NOc3ccc(Cl)cc3)c3nsc(N)n3)[C@H]2SC1. The van der Waals surface area contributed by atoms with Crippen LogP contribution in [-0.2, 0) is 20.9 Å². The number of nitrogens with one attached hydrogen (secondary N) is 1. The molecule has 0 saturated carbocycles. The maximum absolute atomic E-state index is 13.3. The van der Waals surface area contributed by atoms with E-state index in [1.54, 1.807) is 30.3 Å². The van der Waals surface area contributed by atoms with Gasteiger partial charge in [0.15, 0.2) is 10.9 Å². The van der Waals surface area contributed by atoms with E-state index in [-0.39, 0.29) is 33.9 Å². The van der Waals surface area contributed by atoms with Crippen LogP contribution in [0.1, 0.15) is 5.82 Å². The van der Waals surface area contributed by atoms with Crippen molar-refractivity contribution in [2.75, 3.05) is 17.2 Å². The van der Waals surface area contributed by atoms with Crippen molar-refractivity contribution in [3.05, 3.63) is 59.0 Å². The van der Waals surface area contributed by atoms with Crippen molar-refractivity contribution >= 4 is 75.3 Å². The predicted octanol–water partition coefficient (Wildman–Crippen LogP) is 1.26. The van der Waals surface area contributed by atoms with E-state index in [4.69, 9.17) is 22.2 Å². The second kappa shape index (κ2) is 12.2. The van der Waals surface area contributed by atoms with Gasteiger partial charge in [0.25, 0.3) is 11.8 Å². The summed E-state index contributed by atoms with van der Waals surface area (Å²) in [5, 5.41) is 28.3. The van der Waals surface area contributed by atoms with E-state index in [2.05, 4.69) is 41.9 Å². The number of allylic oxidation sites excluding steroid dienone is 1. The van der Waals surface area contributed by atoms with Gasteiger partial charge in [0.05, 0.1) is 6.54 Å². The second-order valence-electron chi connectivity index (χ2n) is 8.28. The Morgan fingerprint density at radius 3 is 2.83 bits per heavy atom. The minimum Gasteiger partial charge on any atom is -0.477 e. The Morgan fingerprint density at radius 1 is 1.37 bits per heavy atom. The zero-order valence-corrected chi connectivity index (χ0v) is 23.9. The average Bonchev–Trinajstić information content (AvgIpc) is 3.59. The summed E-state index contributed by atoms with van der Waals surface area (Å²) in [6, 6.07) is 5.23. The summed E-state index contributed by atoms with van der Waals surface area (Å²) >= 11 is 9.31. The van der Waals surface area contributed by atoms with Gasteiger partial charge in [-0.15, -0.1) is 23.4 Å². The topological polar surface area (TPSA) is 204 Å². The lowest BCUT2D eigenvalue weighted by Crippen LogP contribution is -2.71. The van der Waals surface area contributed by atoms with Gasteiger partial charge in [0.2, 0.25) is 16.7 Å². The molecule has 4 N–H and O–H groups in total. The Balaban J connectivity index is 1.31. The first kappa shape index (κ1) is 28.5. The second-order valence-corrected chi connectivity index (χ2v) is 11.5. The molecule has 2 atom stereocenters. The van der Waals surface area contributed by atoms with Gasteiger partial charge in [-0.3, -0.25) is 14.5 Å². The Bertz CT molecular complexity index is 1570. The van der Waals surface area contributed by atoms with Crippen molar-refractivity contribution in [3.63, 3.8) is 0 Å². The van der Waals surface area contributed by atoms with E-state index in [0.717, 1.165) is 11.5 Å². The highest BCUT2D eigenvalue weighted by Gasteiger charge is 2.54. The molecular formula is C22H19ClN10O5S3. The number of carbonyl (C=O) groups excluding carboxylic acids is 2. The highest BCUT2D eigenvalue weighted by atomic mass is 35.5. The van der Waals surface area contributed by atoms with E-state index in [0.29, 0.717) is 28.0 Å². The normalized spacial score (nSPS) is 18.5. The van der Waals surface area contributed by atoms with Crippen molar-refractivity contribution < 1.29 is 24.3 Å². The summed E-state index contributed by atoms with van der Waals surface area (Å²) < 4.78 is 5.55. The Hall–Kier alpha value is -4.00. The number of amides is 2. The zero-order valence-electron chi connectivity index (χ0n) is 20.7. The maximum Gasteiger partial charge on any atom is 0.352 e. The van der Waals surface area contributed by atoms with Crippen LogP contribution in [0.3, 0.4) is 0 Å². The molecule has 2 aliphatic rings. The van der Waals surface area contributed by atoms with Crippen LogP contribution >= 0.6 is 46.7 Å². The lowest BCUT2D eigenvalue weighted by atomic mass is 10.0. The summed E-state index contributed by atoms with van der Waals surface area (Å²) in [6.07, 6.45) is 1.63. The van der Waals surface area contributed by atoms with Crippen LogP contribution in [0.4, 0.5) is 5.13 Å². The van der Waals surface area contributed by atoms with Crippen LogP contribution in [0.5, 0.6) is 5.75 Å². The molecule has 4 heterocycles. The Morgan fingerprint density at radius 2 is 2.15 bits per heavy atom. The number of benzene rings is 1. The molecule has 19 heteroatoms. The van der Waals surface area contributed by atoms with E-state index in [9.17, 15) is 19.5 Å². The summed E-state index contributed by atoms with van der Waals surface area (Å²) in [5.74, 6) is -1.89. The van der Waals surface area contributed by atoms with Crippen molar-refractivity contribution in [1.29, 1.82) is 0 Å². The van der Waals surface area contributed by atoms with Crippen molar-refractivity contribution in [1.82, 2.24) is 39.8 Å². The van der Waals surface area contributed by atoms with Crippen LogP contribution in [0.15, 0.2) is 58.5 Å². The number of fused-ring (bicyclic) bond motifs is 1. The summed E-state index contributed by atoms with van der Waals surface area (Å²) in [4.78, 5) is 49.1. The number of rotatable bonds is 11. The van der Waals surface area contributed by atoms with Gasteiger partial charge in [0.1, 0.15) is 17.1 Å². The van der Waals surface area contributed by atoms with E-state index >= 15 is 0 Å². The van der Waals surface area contributed by atoms with Crippen LogP contribution in [0, 0.1) is 0 Å². The number of hydrogen-bond acceptors (Lipinski definition) is 14. The molecule has 15 nitrogen and oxygen atoms in total. The van der Waals surface area contributed by atoms with E-state index in [1.807, 2.05) is 0 Å². The maximum atomic E-state index is 13.3. The average molecular weight is 635 g/mol. The van der Waals surface area contributed by atoms with Crippen LogP contribution in [0.25, 0.3) is 0 Å². The molecule has 212 valence electrons. The van der Waals surface area contributed by atoms with Crippen LogP contribution in [0.2, 0.25) is 5.02 Å². The third kappa shape index (κ3) is 6.04. The molecule has 1 unspecified atom stereocenters. The number of β-lactam (4-membered cyclic amide) rings is 1. The first-order valence-electron chi connectivity index (χ1n) is 11.6. The molecule has 5 rings (SSSR count). The standard InChI is InChI=1S/C22H19ClN10O5S3/c1-2-7-32-22(27-30-31-32)40-9-10-8-39-19-14(18(35)33(19)15(10)20(36)37)25-17(34)13(16-26-21(24)41-29-16)28-38-12-5-3-11(23)4-6-12/h2-6,14,19H,1,7-9H2,(H,25,34)(H,36,37)(H2,24,26,29)/t14?,19-/m1/s1. The number of nitrogen functional groups attached to an aromatic ring is 1. The van der Waals surface area contributed by atoms with Gasteiger partial charge in [-0.1, -0.05) is 34.6 Å².